The molecule has 0 saturated carbocycles. The van der Waals surface area contributed by atoms with Crippen LogP contribution in [0.5, 0.6) is 17.2 Å². The molecule has 0 radical (unpaired) electrons. The number of phenolic OH excluding ortho intramolecular Hbond substituents is 1. The van der Waals surface area contributed by atoms with Crippen LogP contribution >= 0.6 is 11.6 Å². The molecular formula is C31H32ClNO6. The lowest BCUT2D eigenvalue weighted by molar-refractivity contribution is -0.132. The van der Waals surface area contributed by atoms with Gasteiger partial charge in [-0.2, -0.15) is 0 Å². The van der Waals surface area contributed by atoms with Crippen LogP contribution in [0.25, 0.3) is 5.76 Å². The second-order valence-electron chi connectivity index (χ2n) is 10.2. The molecule has 3 aromatic carbocycles. The van der Waals surface area contributed by atoms with Crippen LogP contribution in [-0.4, -0.2) is 35.1 Å². The van der Waals surface area contributed by atoms with Gasteiger partial charge >= 0.3 is 0 Å². The summed E-state index contributed by atoms with van der Waals surface area (Å²) < 4.78 is 11.3. The first-order valence-corrected chi connectivity index (χ1v) is 13.2. The topological polar surface area (TPSA) is 96.3 Å². The fourth-order valence-electron chi connectivity index (χ4n) is 4.63. The van der Waals surface area contributed by atoms with Crippen LogP contribution in [-0.2, 0) is 15.0 Å². The van der Waals surface area contributed by atoms with E-state index in [4.69, 9.17) is 21.1 Å². The maximum Gasteiger partial charge on any atom is 0.300 e. The molecule has 3 aromatic rings. The zero-order valence-corrected chi connectivity index (χ0v) is 23.4. The molecule has 1 amide bonds. The van der Waals surface area contributed by atoms with Crippen LogP contribution in [0.4, 0.5) is 5.69 Å². The van der Waals surface area contributed by atoms with Gasteiger partial charge in [-0.3, -0.25) is 14.5 Å². The highest BCUT2D eigenvalue weighted by molar-refractivity contribution is 6.52. The summed E-state index contributed by atoms with van der Waals surface area (Å²) in [5.74, 6) is -1.57. The van der Waals surface area contributed by atoms with Gasteiger partial charge in [0.1, 0.15) is 23.0 Å². The number of ketones is 1. The van der Waals surface area contributed by atoms with Gasteiger partial charge in [0.05, 0.1) is 36.1 Å². The molecule has 0 spiro atoms. The smallest absolute Gasteiger partial charge is 0.300 e. The third-order valence-corrected chi connectivity index (χ3v) is 6.79. The normalized spacial score (nSPS) is 17.0. The number of ether oxygens (including phenoxy) is 2. The van der Waals surface area contributed by atoms with Gasteiger partial charge < -0.3 is 19.7 Å². The molecule has 39 heavy (non-hydrogen) atoms. The van der Waals surface area contributed by atoms with E-state index in [0.29, 0.717) is 30.3 Å². The van der Waals surface area contributed by atoms with Gasteiger partial charge in [0.15, 0.2) is 0 Å². The molecule has 1 aliphatic heterocycles. The Morgan fingerprint density at radius 1 is 0.949 bits per heavy atom. The Labute approximate surface area is 233 Å². The fourth-order valence-corrected chi connectivity index (χ4v) is 4.79. The van der Waals surface area contributed by atoms with Gasteiger partial charge in [-0.05, 0) is 60.7 Å². The molecule has 1 saturated heterocycles. The minimum Gasteiger partial charge on any atom is -0.507 e. The van der Waals surface area contributed by atoms with E-state index in [9.17, 15) is 19.8 Å². The molecule has 1 fully saturated rings. The fraction of sp³-hybridized carbons (Fsp3) is 0.290. The summed E-state index contributed by atoms with van der Waals surface area (Å²) in [6.45, 7) is 10.6. The molecule has 1 atom stereocenters. The lowest BCUT2D eigenvalue weighted by Crippen LogP contribution is -2.29. The van der Waals surface area contributed by atoms with Crippen molar-refractivity contribution in [2.24, 2.45) is 0 Å². The molecule has 8 heteroatoms. The van der Waals surface area contributed by atoms with Gasteiger partial charge in [-0.1, -0.05) is 56.6 Å². The first kappa shape index (κ1) is 28.0. The summed E-state index contributed by atoms with van der Waals surface area (Å²) in [6.07, 6.45) is 0. The van der Waals surface area contributed by atoms with E-state index in [1.54, 1.807) is 25.1 Å². The first-order valence-electron chi connectivity index (χ1n) is 12.8. The van der Waals surface area contributed by atoms with E-state index >= 15 is 0 Å². The summed E-state index contributed by atoms with van der Waals surface area (Å²) in [5, 5.41) is 22.6. The molecule has 1 unspecified atom stereocenters. The van der Waals surface area contributed by atoms with E-state index in [0.717, 1.165) is 5.56 Å². The molecule has 1 heterocycles. The van der Waals surface area contributed by atoms with E-state index in [2.05, 4.69) is 20.8 Å². The quantitative estimate of drug-likeness (QED) is 0.192. The summed E-state index contributed by atoms with van der Waals surface area (Å²) >= 11 is 6.21. The van der Waals surface area contributed by atoms with E-state index < -0.39 is 23.5 Å². The molecular weight excluding hydrogens is 518 g/mol. The van der Waals surface area contributed by atoms with Crippen molar-refractivity contribution in [3.8, 4) is 17.2 Å². The van der Waals surface area contributed by atoms with Crippen molar-refractivity contribution >= 4 is 34.7 Å². The van der Waals surface area contributed by atoms with Crippen LogP contribution in [0.3, 0.4) is 0 Å². The van der Waals surface area contributed by atoms with Gasteiger partial charge in [-0.15, -0.1) is 0 Å². The second-order valence-corrected chi connectivity index (χ2v) is 10.6. The highest BCUT2D eigenvalue weighted by Crippen LogP contribution is 2.46. The summed E-state index contributed by atoms with van der Waals surface area (Å²) in [4.78, 5) is 28.2. The number of aromatic hydroxyl groups is 1. The maximum absolute atomic E-state index is 13.6. The minimum absolute atomic E-state index is 0.0604. The summed E-state index contributed by atoms with van der Waals surface area (Å²) in [5.41, 5.74) is 1.68. The number of carbonyl (C=O) groups is 2. The highest BCUT2D eigenvalue weighted by atomic mass is 35.5. The SMILES string of the molecule is CCOc1ccc(/C(O)=C2/C(=O)C(=O)N(c3cc(Cl)ccc3O)C2c2ccc(C(C)(C)C)cc2)c(OCC)c1. The molecule has 4 rings (SSSR count). The second kappa shape index (κ2) is 11.0. The Morgan fingerprint density at radius 2 is 1.62 bits per heavy atom. The number of amides is 1. The predicted molar refractivity (Wildman–Crippen MR) is 152 cm³/mol. The van der Waals surface area contributed by atoms with Crippen molar-refractivity contribution in [2.45, 2.75) is 46.1 Å². The molecule has 0 aromatic heterocycles. The van der Waals surface area contributed by atoms with Crippen LogP contribution < -0.4 is 14.4 Å². The number of hydrogen-bond acceptors (Lipinski definition) is 6. The predicted octanol–water partition coefficient (Wildman–Crippen LogP) is 6.77. The molecule has 1 aliphatic rings. The van der Waals surface area contributed by atoms with Gasteiger partial charge in [0, 0.05) is 11.1 Å². The van der Waals surface area contributed by atoms with Crippen molar-refractivity contribution in [1.82, 2.24) is 0 Å². The number of nitrogens with zero attached hydrogens (tertiary/aromatic N) is 1. The largest absolute Gasteiger partial charge is 0.507 e. The lowest BCUT2D eigenvalue weighted by Gasteiger charge is -2.27. The Kier molecular flexibility index (Phi) is 7.93. The van der Waals surface area contributed by atoms with Crippen molar-refractivity contribution in [2.75, 3.05) is 18.1 Å². The molecule has 0 aliphatic carbocycles. The summed E-state index contributed by atoms with van der Waals surface area (Å²) in [6, 6.07) is 15.6. The van der Waals surface area contributed by atoms with Gasteiger partial charge in [-0.25, -0.2) is 0 Å². The zero-order valence-electron chi connectivity index (χ0n) is 22.6. The van der Waals surface area contributed by atoms with Crippen molar-refractivity contribution in [3.63, 3.8) is 0 Å². The van der Waals surface area contributed by atoms with Gasteiger partial charge in [0.25, 0.3) is 11.7 Å². The first-order chi connectivity index (χ1) is 18.5. The molecule has 204 valence electrons. The minimum atomic E-state index is -1.04. The van der Waals surface area contributed by atoms with Crippen molar-refractivity contribution in [1.29, 1.82) is 0 Å². The summed E-state index contributed by atoms with van der Waals surface area (Å²) in [7, 11) is 0. The third kappa shape index (κ3) is 5.45. The number of hydrogen-bond donors (Lipinski definition) is 2. The van der Waals surface area contributed by atoms with Crippen LogP contribution in [0.15, 0.2) is 66.2 Å². The number of halogens is 1. The molecule has 2 N–H and O–H groups in total. The number of benzene rings is 3. The average molecular weight is 550 g/mol. The lowest BCUT2D eigenvalue weighted by atomic mass is 9.85. The van der Waals surface area contributed by atoms with Crippen LogP contribution in [0.1, 0.15) is 57.4 Å². The number of phenols is 1. The van der Waals surface area contributed by atoms with Crippen LogP contribution in [0.2, 0.25) is 5.02 Å². The molecule has 7 nitrogen and oxygen atoms in total. The van der Waals surface area contributed by atoms with Crippen LogP contribution in [0, 0.1) is 0 Å². The number of aliphatic hydroxyl groups excluding tert-OH is 1. The highest BCUT2D eigenvalue weighted by Gasteiger charge is 2.48. The Bertz CT molecular complexity index is 1440. The standard InChI is InChI=1S/C31H32ClNO6/c1-6-38-21-13-14-22(25(17-21)39-7-2)28(35)26-27(18-8-10-19(11-9-18)31(3,4)5)33(30(37)29(26)36)23-16-20(32)12-15-24(23)34/h8-17,27,34-35H,6-7H2,1-5H3/b28-26-. The Hall–Kier alpha value is -3.97. The number of rotatable bonds is 7. The molecule has 0 bridgehead atoms. The van der Waals surface area contributed by atoms with E-state index in [1.807, 2.05) is 31.2 Å². The number of Topliss-reactive ketones (excluding diaryl/α,β-unsaturated/α-hetero) is 1. The number of aliphatic hydroxyl groups is 1. The van der Waals surface area contributed by atoms with Crippen molar-refractivity contribution in [3.05, 3.63) is 87.9 Å². The monoisotopic (exact) mass is 549 g/mol. The van der Waals surface area contributed by atoms with Crippen molar-refractivity contribution < 1.29 is 29.3 Å². The van der Waals surface area contributed by atoms with Gasteiger partial charge in [0.2, 0.25) is 0 Å². The van der Waals surface area contributed by atoms with E-state index in [-0.39, 0.29) is 33.0 Å². The van der Waals surface area contributed by atoms with E-state index in [1.165, 1.54) is 23.1 Å². The Morgan fingerprint density at radius 3 is 2.23 bits per heavy atom. The maximum atomic E-state index is 13.6. The average Bonchev–Trinajstić information content (AvgIpc) is 3.15. The third-order valence-electron chi connectivity index (χ3n) is 6.55. The zero-order chi connectivity index (χ0) is 28.5. The Balaban J connectivity index is 1.97. The number of carbonyl (C=O) groups excluding carboxylic acids is 2. The number of anilines is 1.